The first-order valence-electron chi connectivity index (χ1n) is 7.15. The van der Waals surface area contributed by atoms with Crippen LogP contribution in [0.5, 0.6) is 0 Å². The third kappa shape index (κ3) is 2.68. The van der Waals surface area contributed by atoms with E-state index in [1.54, 1.807) is 11.3 Å². The minimum atomic E-state index is -0.865. The summed E-state index contributed by atoms with van der Waals surface area (Å²) in [6.07, 6.45) is 1.39. The molecule has 7 heteroatoms. The highest BCUT2D eigenvalue weighted by molar-refractivity contribution is 7.18. The summed E-state index contributed by atoms with van der Waals surface area (Å²) in [5.41, 5.74) is 4.91. The number of thiophene rings is 1. The molecule has 1 saturated heterocycles. The van der Waals surface area contributed by atoms with Crippen LogP contribution in [0.2, 0.25) is 0 Å². The number of nitrogens with zero attached hydrogens (tertiary/aromatic N) is 2. The van der Waals surface area contributed by atoms with Crippen molar-refractivity contribution in [1.29, 1.82) is 0 Å². The van der Waals surface area contributed by atoms with Gasteiger partial charge in [0, 0.05) is 24.4 Å². The van der Waals surface area contributed by atoms with Gasteiger partial charge in [-0.15, -0.1) is 11.3 Å². The number of hydrogen-bond donors (Lipinski definition) is 3. The molecular formula is C14H20N4O2S. The van der Waals surface area contributed by atoms with E-state index in [2.05, 4.69) is 28.3 Å². The molecule has 2 unspecified atom stereocenters. The predicted molar refractivity (Wildman–Crippen MR) is 84.7 cm³/mol. The summed E-state index contributed by atoms with van der Waals surface area (Å²) in [5, 5.41) is 14.7. The van der Waals surface area contributed by atoms with Gasteiger partial charge < -0.3 is 20.9 Å². The molecule has 114 valence electrons. The van der Waals surface area contributed by atoms with Crippen LogP contribution in [0, 0.1) is 0 Å². The minimum absolute atomic E-state index is 0.187. The molecule has 1 aliphatic rings. The van der Waals surface area contributed by atoms with Crippen molar-refractivity contribution in [3.8, 4) is 0 Å². The normalized spacial score (nSPS) is 25.6. The summed E-state index contributed by atoms with van der Waals surface area (Å²) in [4.78, 5) is 10.7. The van der Waals surface area contributed by atoms with E-state index in [-0.39, 0.29) is 12.1 Å². The molecule has 1 aliphatic heterocycles. The zero-order valence-corrected chi connectivity index (χ0v) is 13.0. The van der Waals surface area contributed by atoms with Crippen LogP contribution in [0.3, 0.4) is 0 Å². The van der Waals surface area contributed by atoms with Crippen LogP contribution in [-0.4, -0.2) is 39.9 Å². The number of fused-ring (bicyclic) bond motifs is 1. The Kier molecular flexibility index (Phi) is 3.73. The highest BCUT2D eigenvalue weighted by Crippen LogP contribution is 2.31. The fraction of sp³-hybridized carbons (Fsp3) is 0.571. The number of anilines is 2. The summed E-state index contributed by atoms with van der Waals surface area (Å²) >= 11 is 1.63. The Hall–Kier alpha value is -1.44. The molecule has 0 amide bonds. The number of aliphatic hydroxyl groups is 1. The Morgan fingerprint density at radius 3 is 3.05 bits per heavy atom. The summed E-state index contributed by atoms with van der Waals surface area (Å²) in [7, 11) is 0. The Morgan fingerprint density at radius 1 is 1.57 bits per heavy atom. The molecule has 4 N–H and O–H groups in total. The van der Waals surface area contributed by atoms with Crippen molar-refractivity contribution in [1.82, 2.24) is 9.97 Å². The van der Waals surface area contributed by atoms with Crippen LogP contribution < -0.4 is 11.1 Å². The molecule has 0 radical (unpaired) electrons. The molecule has 0 aromatic carbocycles. The van der Waals surface area contributed by atoms with Gasteiger partial charge in [-0.1, -0.05) is 6.92 Å². The maximum atomic E-state index is 10.6. The fourth-order valence-electron chi connectivity index (χ4n) is 2.54. The maximum Gasteiger partial charge on any atom is 0.223 e. The molecule has 21 heavy (non-hydrogen) atoms. The van der Waals surface area contributed by atoms with Crippen molar-refractivity contribution < 1.29 is 9.84 Å². The van der Waals surface area contributed by atoms with E-state index >= 15 is 0 Å². The molecule has 1 fully saturated rings. The summed E-state index contributed by atoms with van der Waals surface area (Å²) in [6, 6.07) is 2.08. The van der Waals surface area contributed by atoms with Crippen molar-refractivity contribution in [3.63, 3.8) is 0 Å². The van der Waals surface area contributed by atoms with E-state index in [1.165, 1.54) is 4.88 Å². The Labute approximate surface area is 127 Å². The van der Waals surface area contributed by atoms with E-state index in [4.69, 9.17) is 10.5 Å². The van der Waals surface area contributed by atoms with E-state index < -0.39 is 5.60 Å². The van der Waals surface area contributed by atoms with Crippen molar-refractivity contribution >= 4 is 33.3 Å². The highest BCUT2D eigenvalue weighted by atomic mass is 32.1. The molecule has 2 aromatic rings. The molecule has 0 saturated carbocycles. The number of rotatable bonds is 4. The topological polar surface area (TPSA) is 93.3 Å². The molecule has 3 heterocycles. The van der Waals surface area contributed by atoms with Gasteiger partial charge in [-0.2, -0.15) is 4.98 Å². The van der Waals surface area contributed by atoms with Crippen molar-refractivity contribution in [3.05, 3.63) is 10.9 Å². The van der Waals surface area contributed by atoms with Crippen LogP contribution >= 0.6 is 11.3 Å². The second kappa shape index (κ2) is 5.40. The zero-order chi connectivity index (χ0) is 15.0. The Balaban J connectivity index is 1.87. The molecule has 3 rings (SSSR count). The lowest BCUT2D eigenvalue weighted by Gasteiger charge is -2.26. The van der Waals surface area contributed by atoms with Gasteiger partial charge >= 0.3 is 0 Å². The molecule has 2 atom stereocenters. The lowest BCUT2D eigenvalue weighted by molar-refractivity contribution is -0.0176. The number of nitrogen functional groups attached to an aromatic ring is 1. The van der Waals surface area contributed by atoms with Crippen molar-refractivity contribution in [2.45, 2.75) is 38.4 Å². The average Bonchev–Trinajstić information content (AvgIpc) is 3.00. The minimum Gasteiger partial charge on any atom is -0.385 e. The van der Waals surface area contributed by atoms with E-state index in [9.17, 15) is 5.11 Å². The number of nitrogens with one attached hydrogen (secondary N) is 1. The van der Waals surface area contributed by atoms with Gasteiger partial charge in [-0.3, -0.25) is 0 Å². The highest BCUT2D eigenvalue weighted by Gasteiger charge is 2.39. The second-order valence-electron chi connectivity index (χ2n) is 5.44. The smallest absolute Gasteiger partial charge is 0.223 e. The SMILES string of the molecule is CCc1cc2c(NCC3(O)CCOC3C)nc(N)nc2s1. The summed E-state index contributed by atoms with van der Waals surface area (Å²) in [6.45, 7) is 4.96. The first kappa shape index (κ1) is 14.5. The lowest BCUT2D eigenvalue weighted by Crippen LogP contribution is -2.43. The lowest BCUT2D eigenvalue weighted by atomic mass is 9.97. The van der Waals surface area contributed by atoms with Crippen LogP contribution in [-0.2, 0) is 11.2 Å². The molecule has 0 bridgehead atoms. The van der Waals surface area contributed by atoms with Gasteiger partial charge in [0.2, 0.25) is 5.95 Å². The molecule has 6 nitrogen and oxygen atoms in total. The summed E-state index contributed by atoms with van der Waals surface area (Å²) in [5.74, 6) is 0.929. The quantitative estimate of drug-likeness (QED) is 0.797. The molecule has 0 spiro atoms. The van der Waals surface area contributed by atoms with Gasteiger partial charge in [0.1, 0.15) is 16.2 Å². The van der Waals surface area contributed by atoms with Crippen LogP contribution in [0.25, 0.3) is 10.2 Å². The zero-order valence-electron chi connectivity index (χ0n) is 12.2. The third-order valence-corrected chi connectivity index (χ3v) is 5.20. The Bertz CT molecular complexity index is 660. The first-order chi connectivity index (χ1) is 10.0. The molecule has 2 aromatic heterocycles. The number of nitrogens with two attached hydrogens (primary N) is 1. The van der Waals surface area contributed by atoms with E-state index in [0.29, 0.717) is 25.4 Å². The number of aromatic nitrogens is 2. The van der Waals surface area contributed by atoms with Crippen molar-refractivity contribution in [2.24, 2.45) is 0 Å². The first-order valence-corrected chi connectivity index (χ1v) is 7.97. The number of ether oxygens (including phenoxy) is 1. The second-order valence-corrected chi connectivity index (χ2v) is 6.55. The number of aryl methyl sites for hydroxylation is 1. The monoisotopic (exact) mass is 308 g/mol. The van der Waals surface area contributed by atoms with Gasteiger partial charge in [-0.05, 0) is 19.4 Å². The average molecular weight is 308 g/mol. The summed E-state index contributed by atoms with van der Waals surface area (Å²) < 4.78 is 5.44. The molecule has 0 aliphatic carbocycles. The molecular weight excluding hydrogens is 288 g/mol. The van der Waals surface area contributed by atoms with Gasteiger partial charge in [-0.25, -0.2) is 4.98 Å². The standard InChI is InChI=1S/C14H20N4O2S/c1-3-9-6-10-11(17-13(15)18-12(10)21-9)16-7-14(19)4-5-20-8(14)2/h6,8,19H,3-5,7H2,1-2H3,(H3,15,16,17,18). The van der Waals surface area contributed by atoms with Crippen LogP contribution in [0.1, 0.15) is 25.1 Å². The Morgan fingerprint density at radius 2 is 2.38 bits per heavy atom. The largest absolute Gasteiger partial charge is 0.385 e. The van der Waals surface area contributed by atoms with Crippen LogP contribution in [0.15, 0.2) is 6.07 Å². The number of hydrogen-bond acceptors (Lipinski definition) is 7. The maximum absolute atomic E-state index is 10.6. The predicted octanol–water partition coefficient (Wildman–Crippen LogP) is 1.79. The van der Waals surface area contributed by atoms with Gasteiger partial charge in [0.25, 0.3) is 0 Å². The van der Waals surface area contributed by atoms with Gasteiger partial charge in [0.05, 0.1) is 11.5 Å². The van der Waals surface area contributed by atoms with E-state index in [0.717, 1.165) is 16.6 Å². The van der Waals surface area contributed by atoms with E-state index in [1.807, 2.05) is 6.92 Å². The van der Waals surface area contributed by atoms with Crippen molar-refractivity contribution in [2.75, 3.05) is 24.2 Å². The third-order valence-electron chi connectivity index (χ3n) is 4.03. The van der Waals surface area contributed by atoms with Gasteiger partial charge in [0.15, 0.2) is 0 Å². The fourth-order valence-corrected chi connectivity index (χ4v) is 3.51. The van der Waals surface area contributed by atoms with Crippen LogP contribution in [0.4, 0.5) is 11.8 Å².